The number of hydrogen-bond acceptors (Lipinski definition) is 2. The number of unbranched alkanes of at least 4 members (excludes halogenated alkanes) is 1. The third kappa shape index (κ3) is 3.66. The van der Waals surface area contributed by atoms with Gasteiger partial charge >= 0.3 is 0 Å². The maximum atomic E-state index is 5.97. The van der Waals surface area contributed by atoms with Crippen molar-refractivity contribution in [3.8, 4) is 22.6 Å². The summed E-state index contributed by atoms with van der Waals surface area (Å²) in [6, 6.07) is 17.2. The molecule has 0 amide bonds. The Morgan fingerprint density at radius 3 is 2.33 bits per heavy atom. The molecule has 3 aromatic carbocycles. The van der Waals surface area contributed by atoms with Gasteiger partial charge in [0.15, 0.2) is 0 Å². The molecule has 0 saturated carbocycles. The van der Waals surface area contributed by atoms with Crippen molar-refractivity contribution in [1.82, 2.24) is 0 Å². The van der Waals surface area contributed by atoms with E-state index >= 15 is 0 Å². The molecule has 0 aromatic heterocycles. The van der Waals surface area contributed by atoms with E-state index < -0.39 is 0 Å². The normalized spacial score (nSPS) is 12.2. The first-order valence-electron chi connectivity index (χ1n) is 9.85. The molecular weight excluding hydrogens is 332 g/mol. The van der Waals surface area contributed by atoms with Gasteiger partial charge in [0.2, 0.25) is 0 Å². The highest BCUT2D eigenvalue weighted by atomic mass is 16.5. The summed E-state index contributed by atoms with van der Waals surface area (Å²) in [4.78, 5) is 0. The zero-order valence-electron chi connectivity index (χ0n) is 17.1. The second-order valence-electron chi connectivity index (χ2n) is 7.28. The van der Waals surface area contributed by atoms with Crippen LogP contribution in [0, 0.1) is 6.92 Å². The molecule has 0 spiro atoms. The van der Waals surface area contributed by atoms with Gasteiger partial charge in [-0.05, 0) is 52.8 Å². The van der Waals surface area contributed by atoms with Gasteiger partial charge in [-0.15, -0.1) is 0 Å². The third-order valence-corrected chi connectivity index (χ3v) is 5.50. The first-order valence-corrected chi connectivity index (χ1v) is 9.85. The molecule has 2 nitrogen and oxygen atoms in total. The topological polar surface area (TPSA) is 18.5 Å². The minimum absolute atomic E-state index is 0.446. The molecule has 0 aliphatic rings. The Kier molecular flexibility index (Phi) is 6.05. The van der Waals surface area contributed by atoms with Gasteiger partial charge in [-0.1, -0.05) is 69.2 Å². The molecule has 0 bridgehead atoms. The van der Waals surface area contributed by atoms with Crippen LogP contribution < -0.4 is 9.47 Å². The van der Waals surface area contributed by atoms with Gasteiger partial charge in [0.1, 0.15) is 11.5 Å². The van der Waals surface area contributed by atoms with E-state index in [4.69, 9.17) is 9.47 Å². The third-order valence-electron chi connectivity index (χ3n) is 5.50. The predicted molar refractivity (Wildman–Crippen MR) is 115 cm³/mol. The quantitative estimate of drug-likeness (QED) is 0.445. The van der Waals surface area contributed by atoms with Crippen molar-refractivity contribution in [1.29, 1.82) is 0 Å². The van der Waals surface area contributed by atoms with Gasteiger partial charge in [-0.25, -0.2) is 0 Å². The Bertz CT molecular complexity index is 927. The van der Waals surface area contributed by atoms with Crippen LogP contribution in [0.25, 0.3) is 21.9 Å². The fourth-order valence-electron chi connectivity index (χ4n) is 3.96. The number of hydrogen-bond donors (Lipinski definition) is 0. The van der Waals surface area contributed by atoms with E-state index in [1.807, 2.05) is 0 Å². The number of ether oxygens (including phenoxy) is 2. The van der Waals surface area contributed by atoms with Crippen molar-refractivity contribution >= 4 is 10.8 Å². The van der Waals surface area contributed by atoms with E-state index in [0.717, 1.165) is 29.0 Å². The maximum absolute atomic E-state index is 5.97. The summed E-state index contributed by atoms with van der Waals surface area (Å²) < 4.78 is 11.7. The van der Waals surface area contributed by atoms with Crippen LogP contribution in [0.15, 0.2) is 48.5 Å². The molecule has 0 N–H and O–H groups in total. The van der Waals surface area contributed by atoms with Crippen molar-refractivity contribution in [3.05, 3.63) is 59.7 Å². The van der Waals surface area contributed by atoms with E-state index in [9.17, 15) is 0 Å². The van der Waals surface area contributed by atoms with Crippen molar-refractivity contribution in [2.45, 2.75) is 46.0 Å². The number of benzene rings is 3. The average Bonchev–Trinajstić information content (AvgIpc) is 2.70. The number of fused-ring (bicyclic) bond motifs is 1. The molecule has 0 aliphatic carbocycles. The lowest BCUT2D eigenvalue weighted by atomic mass is 9.89. The second kappa shape index (κ2) is 8.47. The van der Waals surface area contributed by atoms with Gasteiger partial charge in [0.05, 0.1) is 19.8 Å². The van der Waals surface area contributed by atoms with Gasteiger partial charge in [-0.2, -0.15) is 0 Å². The van der Waals surface area contributed by atoms with Crippen molar-refractivity contribution in [2.24, 2.45) is 0 Å². The van der Waals surface area contributed by atoms with Crippen molar-refractivity contribution in [3.63, 3.8) is 0 Å². The van der Waals surface area contributed by atoms with Crippen LogP contribution in [0.2, 0.25) is 0 Å². The molecule has 0 aliphatic heterocycles. The lowest BCUT2D eigenvalue weighted by Crippen LogP contribution is -2.02. The van der Waals surface area contributed by atoms with E-state index in [2.05, 4.69) is 69.3 Å². The standard InChI is InChI=1S/C25H30O2/c1-6-7-10-18(3)20-15-16-23(26-4)24(25(20)27-5)22-14-9-12-19-17(2)11-8-13-21(19)22/h8-9,11-16,18H,6-7,10H2,1-5H3. The average molecular weight is 363 g/mol. The van der Waals surface area contributed by atoms with E-state index in [-0.39, 0.29) is 0 Å². The summed E-state index contributed by atoms with van der Waals surface area (Å²) in [7, 11) is 3.50. The predicted octanol–water partition coefficient (Wildman–Crippen LogP) is 7.13. The first kappa shape index (κ1) is 19.3. The molecule has 0 radical (unpaired) electrons. The van der Waals surface area contributed by atoms with Crippen LogP contribution in [0.5, 0.6) is 11.5 Å². The summed E-state index contributed by atoms with van der Waals surface area (Å²) in [6.07, 6.45) is 3.59. The lowest BCUT2D eigenvalue weighted by molar-refractivity contribution is 0.391. The van der Waals surface area contributed by atoms with E-state index in [1.54, 1.807) is 14.2 Å². The maximum Gasteiger partial charge on any atom is 0.133 e. The van der Waals surface area contributed by atoms with Crippen LogP contribution >= 0.6 is 0 Å². The molecule has 3 rings (SSSR count). The SMILES string of the molecule is CCCCC(C)c1ccc(OC)c(-c2cccc3c(C)cccc23)c1OC. The van der Waals surface area contributed by atoms with Gasteiger partial charge in [-0.3, -0.25) is 0 Å². The fraction of sp³-hybridized carbons (Fsp3) is 0.360. The molecule has 27 heavy (non-hydrogen) atoms. The van der Waals surface area contributed by atoms with E-state index in [0.29, 0.717) is 5.92 Å². The molecule has 1 atom stereocenters. The molecule has 2 heteroatoms. The van der Waals surface area contributed by atoms with Crippen molar-refractivity contribution in [2.75, 3.05) is 14.2 Å². The van der Waals surface area contributed by atoms with Gasteiger partial charge in [0, 0.05) is 0 Å². The second-order valence-corrected chi connectivity index (χ2v) is 7.28. The summed E-state index contributed by atoms with van der Waals surface area (Å²) in [5, 5.41) is 2.50. The lowest BCUT2D eigenvalue weighted by Gasteiger charge is -2.22. The Morgan fingerprint density at radius 2 is 1.63 bits per heavy atom. The molecular formula is C25H30O2. The largest absolute Gasteiger partial charge is 0.496 e. The Balaban J connectivity index is 2.27. The summed E-state index contributed by atoms with van der Waals surface area (Å²) >= 11 is 0. The molecule has 0 heterocycles. The summed E-state index contributed by atoms with van der Waals surface area (Å²) in [5.41, 5.74) is 4.75. The fourth-order valence-corrected chi connectivity index (χ4v) is 3.96. The molecule has 0 fully saturated rings. The number of aryl methyl sites for hydroxylation is 1. The Morgan fingerprint density at radius 1 is 0.889 bits per heavy atom. The van der Waals surface area contributed by atoms with Crippen LogP contribution in [-0.2, 0) is 0 Å². The highest BCUT2D eigenvalue weighted by Crippen LogP contribution is 2.46. The summed E-state index contributed by atoms with van der Waals surface area (Å²) in [5.74, 6) is 2.24. The number of rotatable bonds is 7. The zero-order valence-corrected chi connectivity index (χ0v) is 17.1. The first-order chi connectivity index (χ1) is 13.1. The van der Waals surface area contributed by atoms with Crippen molar-refractivity contribution < 1.29 is 9.47 Å². The Hall–Kier alpha value is -2.48. The highest BCUT2D eigenvalue weighted by Gasteiger charge is 2.21. The van der Waals surface area contributed by atoms with Crippen LogP contribution in [0.3, 0.4) is 0 Å². The summed E-state index contributed by atoms with van der Waals surface area (Å²) in [6.45, 7) is 6.68. The van der Waals surface area contributed by atoms with Crippen LogP contribution in [-0.4, -0.2) is 14.2 Å². The minimum atomic E-state index is 0.446. The minimum Gasteiger partial charge on any atom is -0.496 e. The van der Waals surface area contributed by atoms with Crippen LogP contribution in [0.1, 0.15) is 50.2 Å². The van der Waals surface area contributed by atoms with E-state index in [1.165, 1.54) is 34.7 Å². The Labute approximate surface area is 163 Å². The van der Waals surface area contributed by atoms with Gasteiger partial charge in [0.25, 0.3) is 0 Å². The molecule has 3 aromatic rings. The number of methoxy groups -OCH3 is 2. The molecule has 142 valence electrons. The van der Waals surface area contributed by atoms with Crippen LogP contribution in [0.4, 0.5) is 0 Å². The highest BCUT2D eigenvalue weighted by molar-refractivity contribution is 6.01. The smallest absolute Gasteiger partial charge is 0.133 e. The zero-order chi connectivity index (χ0) is 19.4. The molecule has 0 saturated heterocycles. The van der Waals surface area contributed by atoms with Gasteiger partial charge < -0.3 is 9.47 Å². The monoisotopic (exact) mass is 362 g/mol. The molecule has 1 unspecified atom stereocenters.